The van der Waals surface area contributed by atoms with Crippen molar-refractivity contribution in [3.05, 3.63) is 52.0 Å². The average molecular weight is 244 g/mol. The molecule has 3 rings (SSSR count). The number of fused-ring (bicyclic) bond motifs is 1. The Labute approximate surface area is 106 Å². The molecule has 0 saturated carbocycles. The van der Waals surface area contributed by atoms with Gasteiger partial charge in [0.25, 0.3) is 0 Å². The van der Waals surface area contributed by atoms with Gasteiger partial charge in [0.15, 0.2) is 0 Å². The second kappa shape index (κ2) is 4.59. The molecule has 88 valence electrons. The third-order valence-electron chi connectivity index (χ3n) is 3.27. The highest BCUT2D eigenvalue weighted by atomic mass is 32.1. The van der Waals surface area contributed by atoms with Crippen molar-refractivity contribution in [1.82, 2.24) is 9.27 Å². The predicted octanol–water partition coefficient (Wildman–Crippen LogP) is 3.01. The summed E-state index contributed by atoms with van der Waals surface area (Å²) < 4.78 is 4.47. The minimum Gasteiger partial charge on any atom is -0.293 e. The van der Waals surface area contributed by atoms with Crippen LogP contribution in [0.25, 0.3) is 0 Å². The lowest BCUT2D eigenvalue weighted by molar-refractivity contribution is 0.243. The van der Waals surface area contributed by atoms with Gasteiger partial charge in [-0.25, -0.2) is 0 Å². The first-order chi connectivity index (χ1) is 8.31. The Balaban J connectivity index is 1.72. The van der Waals surface area contributed by atoms with Crippen LogP contribution in [0.1, 0.15) is 21.7 Å². The highest BCUT2D eigenvalue weighted by Crippen LogP contribution is 2.20. The van der Waals surface area contributed by atoms with Crippen molar-refractivity contribution in [2.24, 2.45) is 0 Å². The zero-order chi connectivity index (χ0) is 11.7. The van der Waals surface area contributed by atoms with E-state index in [4.69, 9.17) is 0 Å². The summed E-state index contributed by atoms with van der Waals surface area (Å²) in [6, 6.07) is 11.0. The van der Waals surface area contributed by atoms with Crippen molar-refractivity contribution >= 4 is 11.5 Å². The Morgan fingerprint density at radius 2 is 2.12 bits per heavy atom. The maximum Gasteiger partial charge on any atom is 0.0685 e. The molecule has 0 radical (unpaired) electrons. The van der Waals surface area contributed by atoms with Gasteiger partial charge in [-0.05, 0) is 42.1 Å². The Hall–Kier alpha value is -1.19. The maximum atomic E-state index is 4.47. The molecule has 0 unspecified atom stereocenters. The zero-order valence-electron chi connectivity index (χ0n) is 10.0. The van der Waals surface area contributed by atoms with E-state index < -0.39 is 0 Å². The van der Waals surface area contributed by atoms with Gasteiger partial charge in [-0.3, -0.25) is 4.90 Å². The van der Waals surface area contributed by atoms with Gasteiger partial charge in [0.1, 0.15) is 0 Å². The normalized spacial score (nSPS) is 15.8. The van der Waals surface area contributed by atoms with Crippen molar-refractivity contribution in [2.75, 3.05) is 6.54 Å². The summed E-state index contributed by atoms with van der Waals surface area (Å²) in [6.07, 6.45) is 1.17. The Morgan fingerprint density at radius 1 is 1.29 bits per heavy atom. The molecule has 0 saturated heterocycles. The topological polar surface area (TPSA) is 16.1 Å². The summed E-state index contributed by atoms with van der Waals surface area (Å²) in [5, 5.41) is 0. The molecule has 0 bridgehead atoms. The van der Waals surface area contributed by atoms with Crippen molar-refractivity contribution in [2.45, 2.75) is 26.4 Å². The fourth-order valence-electron chi connectivity index (χ4n) is 2.41. The number of rotatable bonds is 2. The van der Waals surface area contributed by atoms with E-state index in [1.165, 1.54) is 28.1 Å². The van der Waals surface area contributed by atoms with Gasteiger partial charge in [-0.2, -0.15) is 4.37 Å². The van der Waals surface area contributed by atoms with Gasteiger partial charge in [0.05, 0.1) is 5.69 Å². The van der Waals surface area contributed by atoms with Gasteiger partial charge in [-0.15, -0.1) is 0 Å². The summed E-state index contributed by atoms with van der Waals surface area (Å²) in [7, 11) is 0. The lowest BCUT2D eigenvalue weighted by atomic mass is 10.00. The lowest BCUT2D eigenvalue weighted by Crippen LogP contribution is -2.30. The monoisotopic (exact) mass is 244 g/mol. The zero-order valence-corrected chi connectivity index (χ0v) is 10.8. The van der Waals surface area contributed by atoms with Crippen LogP contribution in [0.5, 0.6) is 0 Å². The van der Waals surface area contributed by atoms with Crippen LogP contribution < -0.4 is 0 Å². The van der Waals surface area contributed by atoms with Crippen LogP contribution >= 0.6 is 11.5 Å². The number of hydrogen-bond donors (Lipinski definition) is 0. The van der Waals surface area contributed by atoms with Crippen molar-refractivity contribution in [3.63, 3.8) is 0 Å². The second-order valence-corrected chi connectivity index (χ2v) is 5.67. The molecule has 0 spiro atoms. The molecule has 0 atom stereocenters. The largest absolute Gasteiger partial charge is 0.293 e. The van der Waals surface area contributed by atoms with Gasteiger partial charge < -0.3 is 0 Å². The van der Waals surface area contributed by atoms with Crippen LogP contribution in [0.4, 0.5) is 0 Å². The maximum absolute atomic E-state index is 4.47. The Kier molecular flexibility index (Phi) is 2.95. The molecular formula is C14H16N2S. The van der Waals surface area contributed by atoms with E-state index in [1.807, 2.05) is 0 Å². The third kappa shape index (κ3) is 2.40. The van der Waals surface area contributed by atoms with Crippen LogP contribution in [0, 0.1) is 6.92 Å². The molecule has 3 heteroatoms. The molecule has 17 heavy (non-hydrogen) atoms. The lowest BCUT2D eigenvalue weighted by Gasteiger charge is -2.27. The highest BCUT2D eigenvalue weighted by Gasteiger charge is 2.16. The third-order valence-corrected chi connectivity index (χ3v) is 4.00. The summed E-state index contributed by atoms with van der Waals surface area (Å²) in [5.74, 6) is 0. The Bertz CT molecular complexity index is 518. The van der Waals surface area contributed by atoms with E-state index in [0.29, 0.717) is 0 Å². The first-order valence-corrected chi connectivity index (χ1v) is 6.80. The number of nitrogens with zero attached hydrogens (tertiary/aromatic N) is 2. The van der Waals surface area contributed by atoms with E-state index in [-0.39, 0.29) is 0 Å². The molecule has 2 heterocycles. The first-order valence-electron chi connectivity index (χ1n) is 6.02. The van der Waals surface area contributed by atoms with Crippen LogP contribution in [-0.4, -0.2) is 15.8 Å². The summed E-state index contributed by atoms with van der Waals surface area (Å²) in [4.78, 5) is 3.79. The molecular weight excluding hydrogens is 228 g/mol. The number of aromatic nitrogens is 1. The first kappa shape index (κ1) is 10.9. The number of aryl methyl sites for hydroxylation is 1. The number of benzene rings is 1. The molecule has 0 aliphatic carbocycles. The molecule has 1 aromatic heterocycles. The van der Waals surface area contributed by atoms with Crippen molar-refractivity contribution in [3.8, 4) is 0 Å². The molecule has 1 aliphatic rings. The standard InChI is InChI=1S/C14H16N2S/c1-11-8-14(15-17-11)10-16-7-6-12-4-2-3-5-13(12)9-16/h2-5,8H,6-7,9-10H2,1H3. The van der Waals surface area contributed by atoms with E-state index in [1.54, 1.807) is 11.5 Å². The SMILES string of the molecule is Cc1cc(CN2CCc3ccccc3C2)ns1. The predicted molar refractivity (Wildman–Crippen MR) is 71.1 cm³/mol. The number of hydrogen-bond acceptors (Lipinski definition) is 3. The fraction of sp³-hybridized carbons (Fsp3) is 0.357. The minimum atomic E-state index is 0.985. The summed E-state index contributed by atoms with van der Waals surface area (Å²) >= 11 is 1.60. The molecule has 2 nitrogen and oxygen atoms in total. The van der Waals surface area contributed by atoms with Crippen LogP contribution in [-0.2, 0) is 19.5 Å². The van der Waals surface area contributed by atoms with E-state index in [0.717, 1.165) is 19.6 Å². The molecule has 2 aromatic rings. The smallest absolute Gasteiger partial charge is 0.0685 e. The van der Waals surface area contributed by atoms with Crippen molar-refractivity contribution in [1.29, 1.82) is 0 Å². The second-order valence-electron chi connectivity index (χ2n) is 4.66. The van der Waals surface area contributed by atoms with Gasteiger partial charge >= 0.3 is 0 Å². The minimum absolute atomic E-state index is 0.985. The quantitative estimate of drug-likeness (QED) is 0.807. The average Bonchev–Trinajstić information content (AvgIpc) is 2.75. The highest BCUT2D eigenvalue weighted by molar-refractivity contribution is 7.05. The molecule has 0 amide bonds. The summed E-state index contributed by atoms with van der Waals surface area (Å²) in [5.41, 5.74) is 4.20. The van der Waals surface area contributed by atoms with Gasteiger partial charge in [0.2, 0.25) is 0 Å². The van der Waals surface area contributed by atoms with E-state index in [2.05, 4.69) is 46.5 Å². The Morgan fingerprint density at radius 3 is 2.88 bits per heavy atom. The fourth-order valence-corrected chi connectivity index (χ4v) is 2.97. The molecule has 0 N–H and O–H groups in total. The van der Waals surface area contributed by atoms with Gasteiger partial charge in [0, 0.05) is 24.5 Å². The van der Waals surface area contributed by atoms with Crippen molar-refractivity contribution < 1.29 is 0 Å². The van der Waals surface area contributed by atoms with Gasteiger partial charge in [-0.1, -0.05) is 24.3 Å². The van der Waals surface area contributed by atoms with Crippen LogP contribution in [0.15, 0.2) is 30.3 Å². The molecule has 1 aliphatic heterocycles. The van der Waals surface area contributed by atoms with Crippen LogP contribution in [0.2, 0.25) is 0 Å². The summed E-state index contributed by atoms with van der Waals surface area (Å²) in [6.45, 7) is 5.31. The molecule has 0 fully saturated rings. The van der Waals surface area contributed by atoms with Crippen LogP contribution in [0.3, 0.4) is 0 Å². The molecule has 1 aromatic carbocycles. The van der Waals surface area contributed by atoms with E-state index >= 15 is 0 Å². The van der Waals surface area contributed by atoms with E-state index in [9.17, 15) is 0 Å².